The van der Waals surface area contributed by atoms with E-state index in [1.165, 1.54) is 10.5 Å². The summed E-state index contributed by atoms with van der Waals surface area (Å²) in [5.41, 5.74) is 2.33. The number of carbonyl (C=O) groups excluding carboxylic acids is 1. The van der Waals surface area contributed by atoms with Gasteiger partial charge in [0.05, 0.1) is 29.5 Å². The fourth-order valence-electron chi connectivity index (χ4n) is 5.19. The summed E-state index contributed by atoms with van der Waals surface area (Å²) in [7, 11) is 0. The number of quaternary nitrogens is 1. The molecule has 1 unspecified atom stereocenters. The molecule has 31 heavy (non-hydrogen) atoms. The van der Waals surface area contributed by atoms with Gasteiger partial charge in [0.25, 0.3) is 5.69 Å². The van der Waals surface area contributed by atoms with Gasteiger partial charge in [-0.25, -0.2) is 0 Å². The molecule has 2 aromatic carbocycles. The highest BCUT2D eigenvalue weighted by Crippen LogP contribution is 2.24. The highest BCUT2D eigenvalue weighted by Gasteiger charge is 2.34. The van der Waals surface area contributed by atoms with Gasteiger partial charge in [0.15, 0.2) is 0 Å². The van der Waals surface area contributed by atoms with Crippen molar-refractivity contribution in [2.75, 3.05) is 26.2 Å². The van der Waals surface area contributed by atoms with Crippen LogP contribution >= 0.6 is 0 Å². The van der Waals surface area contributed by atoms with Crippen molar-refractivity contribution in [3.63, 3.8) is 0 Å². The van der Waals surface area contributed by atoms with Crippen LogP contribution in [0, 0.1) is 22.0 Å². The van der Waals surface area contributed by atoms with E-state index in [0.717, 1.165) is 63.8 Å². The summed E-state index contributed by atoms with van der Waals surface area (Å²) in [4.78, 5) is 27.6. The lowest BCUT2D eigenvalue weighted by molar-refractivity contribution is -0.921. The van der Waals surface area contributed by atoms with Gasteiger partial charge in [-0.3, -0.25) is 14.9 Å². The number of hydrogen-bond acceptors (Lipinski definition) is 3. The number of amides is 1. The van der Waals surface area contributed by atoms with Crippen molar-refractivity contribution < 1.29 is 14.6 Å². The summed E-state index contributed by atoms with van der Waals surface area (Å²) in [6.45, 7) is 4.06. The Hall–Kier alpha value is -2.73. The summed E-state index contributed by atoms with van der Waals surface area (Å²) in [5.74, 6) is 0.980. The Kier molecular flexibility index (Phi) is 6.97. The van der Waals surface area contributed by atoms with Gasteiger partial charge in [0.2, 0.25) is 5.91 Å². The third-order valence-corrected chi connectivity index (χ3v) is 6.89. The van der Waals surface area contributed by atoms with Crippen LogP contribution in [-0.2, 0) is 17.8 Å². The highest BCUT2D eigenvalue weighted by atomic mass is 16.6. The van der Waals surface area contributed by atoms with Crippen LogP contribution in [0.25, 0.3) is 0 Å². The van der Waals surface area contributed by atoms with Crippen molar-refractivity contribution in [1.29, 1.82) is 0 Å². The van der Waals surface area contributed by atoms with Gasteiger partial charge in [-0.2, -0.15) is 0 Å². The molecule has 2 atom stereocenters. The smallest absolute Gasteiger partial charge is 0.278 e. The average Bonchev–Trinajstić information content (AvgIpc) is 2.80. The van der Waals surface area contributed by atoms with Gasteiger partial charge < -0.3 is 9.80 Å². The largest absolute Gasteiger partial charge is 0.342 e. The van der Waals surface area contributed by atoms with Gasteiger partial charge in [-0.15, -0.1) is 0 Å². The monoisotopic (exact) mass is 422 g/mol. The molecule has 2 heterocycles. The predicted octanol–water partition coefficient (Wildman–Crippen LogP) is 2.87. The quantitative estimate of drug-likeness (QED) is 0.575. The minimum atomic E-state index is -0.305. The van der Waals surface area contributed by atoms with Gasteiger partial charge in [-0.05, 0) is 49.7 Å². The van der Waals surface area contributed by atoms with Crippen molar-refractivity contribution >= 4 is 11.6 Å². The molecule has 2 aliphatic rings. The summed E-state index contributed by atoms with van der Waals surface area (Å²) in [6, 6.07) is 17.6. The first-order valence-corrected chi connectivity index (χ1v) is 11.5. The average molecular weight is 423 g/mol. The van der Waals surface area contributed by atoms with Crippen LogP contribution in [0.15, 0.2) is 54.6 Å². The maximum atomic E-state index is 13.2. The molecule has 1 amide bonds. The zero-order chi connectivity index (χ0) is 21.6. The maximum Gasteiger partial charge on any atom is 0.278 e. The SMILES string of the molecule is O=C([C@@H]1CCC[NH+](Cc2ccccc2[N+](=O)[O-])C1)N1CCC(Cc2ccccc2)CC1. The molecule has 0 radical (unpaired) electrons. The van der Waals surface area contributed by atoms with Crippen molar-refractivity contribution in [1.82, 2.24) is 4.90 Å². The Labute approximate surface area is 184 Å². The van der Waals surface area contributed by atoms with E-state index < -0.39 is 0 Å². The number of nitrogens with one attached hydrogen (secondary N) is 1. The van der Waals surface area contributed by atoms with Gasteiger partial charge in [0, 0.05) is 19.2 Å². The number of likely N-dealkylation sites (tertiary alicyclic amines) is 2. The fraction of sp³-hybridized carbons (Fsp3) is 0.480. The van der Waals surface area contributed by atoms with Crippen LogP contribution < -0.4 is 4.90 Å². The Morgan fingerprint density at radius 1 is 1.03 bits per heavy atom. The number of carbonyl (C=O) groups is 1. The second-order valence-corrected chi connectivity index (χ2v) is 9.06. The summed E-state index contributed by atoms with van der Waals surface area (Å²) in [5, 5.41) is 11.3. The molecule has 2 fully saturated rings. The van der Waals surface area contributed by atoms with Crippen molar-refractivity contribution in [2.45, 2.75) is 38.6 Å². The molecule has 0 aliphatic carbocycles. The number of nitro benzene ring substituents is 1. The minimum Gasteiger partial charge on any atom is -0.342 e. The third-order valence-electron chi connectivity index (χ3n) is 6.89. The number of rotatable bonds is 6. The first kappa shape index (κ1) is 21.5. The van der Waals surface area contributed by atoms with Gasteiger partial charge in [0.1, 0.15) is 6.54 Å². The van der Waals surface area contributed by atoms with E-state index in [1.54, 1.807) is 12.1 Å². The van der Waals surface area contributed by atoms with Crippen LogP contribution in [0.5, 0.6) is 0 Å². The molecular formula is C25H32N3O3+. The molecule has 0 saturated carbocycles. The lowest BCUT2D eigenvalue weighted by Crippen LogP contribution is -3.12. The number of piperidine rings is 2. The number of nitro groups is 1. The second kappa shape index (κ2) is 10.1. The number of benzene rings is 2. The number of nitrogens with zero attached hydrogens (tertiary/aromatic N) is 2. The van der Waals surface area contributed by atoms with Gasteiger partial charge >= 0.3 is 0 Å². The van der Waals surface area contributed by atoms with Crippen molar-refractivity contribution in [3.05, 3.63) is 75.8 Å². The van der Waals surface area contributed by atoms with E-state index in [0.29, 0.717) is 12.5 Å². The molecule has 2 saturated heterocycles. The number of para-hydroxylation sites is 1. The third kappa shape index (κ3) is 5.50. The van der Waals surface area contributed by atoms with Crippen LogP contribution in [0.3, 0.4) is 0 Å². The normalized spacial score (nSPS) is 22.3. The lowest BCUT2D eigenvalue weighted by Gasteiger charge is -2.36. The first-order chi connectivity index (χ1) is 15.1. The predicted molar refractivity (Wildman–Crippen MR) is 120 cm³/mol. The fourth-order valence-corrected chi connectivity index (χ4v) is 5.19. The molecule has 6 heteroatoms. The van der Waals surface area contributed by atoms with Crippen molar-refractivity contribution in [2.24, 2.45) is 11.8 Å². The summed E-state index contributed by atoms with van der Waals surface area (Å²) < 4.78 is 0. The Bertz CT molecular complexity index is 894. The second-order valence-electron chi connectivity index (χ2n) is 9.06. The molecule has 0 spiro atoms. The summed E-state index contributed by atoms with van der Waals surface area (Å²) >= 11 is 0. The van der Waals surface area contributed by atoms with Crippen LogP contribution in [0.4, 0.5) is 5.69 Å². The van der Waals surface area contributed by atoms with E-state index in [2.05, 4.69) is 35.2 Å². The van der Waals surface area contributed by atoms with E-state index in [4.69, 9.17) is 0 Å². The lowest BCUT2D eigenvalue weighted by atomic mass is 9.89. The molecule has 2 aliphatic heterocycles. The van der Waals surface area contributed by atoms with Crippen molar-refractivity contribution in [3.8, 4) is 0 Å². The van der Waals surface area contributed by atoms with E-state index in [9.17, 15) is 14.9 Å². The van der Waals surface area contributed by atoms with Crippen LogP contribution in [-0.4, -0.2) is 41.9 Å². The minimum absolute atomic E-state index is 0.0391. The molecule has 0 bridgehead atoms. The molecule has 0 aromatic heterocycles. The van der Waals surface area contributed by atoms with Crippen LogP contribution in [0.1, 0.15) is 36.8 Å². The van der Waals surface area contributed by atoms with Gasteiger partial charge in [-0.1, -0.05) is 42.5 Å². The molecule has 164 valence electrons. The number of hydrogen-bond donors (Lipinski definition) is 1. The topological polar surface area (TPSA) is 67.9 Å². The molecular weight excluding hydrogens is 390 g/mol. The highest BCUT2D eigenvalue weighted by molar-refractivity contribution is 5.79. The molecule has 4 rings (SSSR count). The maximum absolute atomic E-state index is 13.2. The Balaban J connectivity index is 1.30. The van der Waals surface area contributed by atoms with E-state index in [1.807, 2.05) is 12.1 Å². The molecule has 6 nitrogen and oxygen atoms in total. The van der Waals surface area contributed by atoms with E-state index in [-0.39, 0.29) is 22.4 Å². The molecule has 2 aromatic rings. The molecule has 1 N–H and O–H groups in total. The summed E-state index contributed by atoms with van der Waals surface area (Å²) in [6.07, 6.45) is 5.17. The Morgan fingerprint density at radius 2 is 1.74 bits per heavy atom. The van der Waals surface area contributed by atoms with E-state index >= 15 is 0 Å². The first-order valence-electron chi connectivity index (χ1n) is 11.5. The standard InChI is InChI=1S/C25H31N3O3/c29-25(27-15-12-21(13-16-27)17-20-7-2-1-3-8-20)23-10-6-14-26(19-23)18-22-9-4-5-11-24(22)28(30)31/h1-5,7-9,11,21,23H,6,10,12-19H2/p+1/t23-/m1/s1. The zero-order valence-electron chi connectivity index (χ0n) is 18.0. The Morgan fingerprint density at radius 3 is 2.48 bits per heavy atom. The van der Waals surface area contributed by atoms with Crippen LogP contribution in [0.2, 0.25) is 0 Å². The zero-order valence-corrected chi connectivity index (χ0v) is 18.0.